The largest absolute Gasteiger partial charge is 0.296 e. The summed E-state index contributed by atoms with van der Waals surface area (Å²) < 4.78 is 13.8. The highest BCUT2D eigenvalue weighted by Gasteiger charge is 2.39. The Kier molecular flexibility index (Phi) is 2.65. The van der Waals surface area contributed by atoms with Crippen molar-refractivity contribution in [1.29, 1.82) is 0 Å². The minimum absolute atomic E-state index is 0.214. The van der Waals surface area contributed by atoms with Crippen LogP contribution in [0.25, 0.3) is 0 Å². The Morgan fingerprint density at radius 1 is 1.67 bits per heavy atom. The van der Waals surface area contributed by atoms with Crippen LogP contribution in [-0.2, 0) is 4.79 Å². The van der Waals surface area contributed by atoms with E-state index in [4.69, 9.17) is 0 Å². The highest BCUT2D eigenvalue weighted by Crippen LogP contribution is 2.33. The molecule has 1 rings (SSSR count). The maximum absolute atomic E-state index is 13.8. The maximum Gasteiger partial charge on any atom is 0.172 e. The summed E-state index contributed by atoms with van der Waals surface area (Å²) in [5.74, 6) is -0.225. The molecule has 1 atom stereocenters. The lowest BCUT2D eigenvalue weighted by atomic mass is 9.81. The van der Waals surface area contributed by atoms with Crippen molar-refractivity contribution in [3.05, 3.63) is 12.2 Å². The predicted molar refractivity (Wildman–Crippen MR) is 46.7 cm³/mol. The summed E-state index contributed by atoms with van der Waals surface area (Å²) in [5, 5.41) is 0. The molecule has 2 heteroatoms. The minimum atomic E-state index is -1.58. The molecule has 0 radical (unpaired) electrons. The summed E-state index contributed by atoms with van der Waals surface area (Å²) in [6, 6.07) is 0. The van der Waals surface area contributed by atoms with E-state index >= 15 is 0 Å². The lowest BCUT2D eigenvalue weighted by Gasteiger charge is -2.27. The number of carbonyl (C=O) groups excluding carboxylic acids is 1. The van der Waals surface area contributed by atoms with Gasteiger partial charge < -0.3 is 0 Å². The maximum atomic E-state index is 13.8. The third-order valence-electron chi connectivity index (χ3n) is 2.31. The molecule has 0 bridgehead atoms. The zero-order chi connectivity index (χ0) is 9.19. The van der Waals surface area contributed by atoms with Gasteiger partial charge in [-0.05, 0) is 26.2 Å². The van der Waals surface area contributed by atoms with Crippen LogP contribution < -0.4 is 0 Å². The highest BCUT2D eigenvalue weighted by atomic mass is 19.1. The van der Waals surface area contributed by atoms with Gasteiger partial charge in [-0.15, -0.1) is 6.58 Å². The predicted octanol–water partition coefficient (Wildman–Crippen LogP) is 2.80. The molecular formula is C10H15FO. The van der Waals surface area contributed by atoms with Crippen LogP contribution >= 0.6 is 0 Å². The summed E-state index contributed by atoms with van der Waals surface area (Å²) in [7, 11) is 0. The summed E-state index contributed by atoms with van der Waals surface area (Å²) >= 11 is 0. The number of hydrogen-bond donors (Lipinski definition) is 0. The van der Waals surface area contributed by atoms with Crippen LogP contribution in [0.15, 0.2) is 12.2 Å². The number of Topliss-reactive ketones (excluding diaryl/α,β-unsaturated/α-hetero) is 1. The normalized spacial score (nSPS) is 30.3. The fourth-order valence-corrected chi connectivity index (χ4v) is 1.72. The molecule has 0 heterocycles. The number of halogens is 1. The van der Waals surface area contributed by atoms with Crippen molar-refractivity contribution in [3.63, 3.8) is 0 Å². The van der Waals surface area contributed by atoms with E-state index in [0.717, 1.165) is 18.4 Å². The second-order valence-electron chi connectivity index (χ2n) is 3.73. The van der Waals surface area contributed by atoms with Crippen molar-refractivity contribution >= 4 is 5.78 Å². The Morgan fingerprint density at radius 3 is 2.83 bits per heavy atom. The minimum Gasteiger partial charge on any atom is -0.296 e. The SMILES string of the molecule is C=C(C)CC1(F)CCCCC1=O. The monoisotopic (exact) mass is 170 g/mol. The van der Waals surface area contributed by atoms with Crippen LogP contribution in [0.4, 0.5) is 4.39 Å². The first-order valence-corrected chi connectivity index (χ1v) is 4.41. The van der Waals surface area contributed by atoms with Crippen molar-refractivity contribution in [2.24, 2.45) is 0 Å². The average Bonchev–Trinajstić information content (AvgIpc) is 1.94. The standard InChI is InChI=1S/C10H15FO/c1-8(2)7-10(11)6-4-3-5-9(10)12/h1,3-7H2,2H3. The molecule has 1 fully saturated rings. The van der Waals surface area contributed by atoms with Gasteiger partial charge in [-0.25, -0.2) is 4.39 Å². The van der Waals surface area contributed by atoms with Crippen molar-refractivity contribution in [1.82, 2.24) is 0 Å². The molecule has 1 saturated carbocycles. The van der Waals surface area contributed by atoms with Gasteiger partial charge in [-0.1, -0.05) is 5.57 Å². The Morgan fingerprint density at radius 2 is 2.33 bits per heavy atom. The molecule has 0 aromatic heterocycles. The molecule has 1 nitrogen and oxygen atoms in total. The van der Waals surface area contributed by atoms with Crippen molar-refractivity contribution in [2.75, 3.05) is 0 Å². The van der Waals surface area contributed by atoms with E-state index in [9.17, 15) is 9.18 Å². The third-order valence-corrected chi connectivity index (χ3v) is 2.31. The van der Waals surface area contributed by atoms with Gasteiger partial charge in [-0.2, -0.15) is 0 Å². The van der Waals surface area contributed by atoms with Gasteiger partial charge in [0.2, 0.25) is 0 Å². The van der Waals surface area contributed by atoms with Gasteiger partial charge in [0.25, 0.3) is 0 Å². The molecule has 0 aliphatic heterocycles. The fraction of sp³-hybridized carbons (Fsp3) is 0.700. The van der Waals surface area contributed by atoms with Gasteiger partial charge in [0.05, 0.1) is 0 Å². The lowest BCUT2D eigenvalue weighted by molar-refractivity contribution is -0.133. The van der Waals surface area contributed by atoms with Crippen LogP contribution in [-0.4, -0.2) is 11.5 Å². The smallest absolute Gasteiger partial charge is 0.172 e. The van der Waals surface area contributed by atoms with Gasteiger partial charge in [-0.3, -0.25) is 4.79 Å². The van der Waals surface area contributed by atoms with Crippen molar-refractivity contribution in [3.8, 4) is 0 Å². The first kappa shape index (κ1) is 9.43. The van der Waals surface area contributed by atoms with E-state index < -0.39 is 5.67 Å². The van der Waals surface area contributed by atoms with Crippen molar-refractivity contribution in [2.45, 2.75) is 44.7 Å². The van der Waals surface area contributed by atoms with E-state index in [2.05, 4.69) is 6.58 Å². The Bertz CT molecular complexity index is 210. The first-order valence-electron chi connectivity index (χ1n) is 4.41. The Hall–Kier alpha value is -0.660. The molecule has 0 saturated heterocycles. The van der Waals surface area contributed by atoms with Gasteiger partial charge in [0.1, 0.15) is 0 Å². The zero-order valence-electron chi connectivity index (χ0n) is 7.53. The number of alkyl halides is 1. The number of carbonyl (C=O) groups is 1. The van der Waals surface area contributed by atoms with Crippen molar-refractivity contribution < 1.29 is 9.18 Å². The first-order chi connectivity index (χ1) is 5.54. The molecule has 68 valence electrons. The van der Waals surface area contributed by atoms with E-state index in [1.165, 1.54) is 0 Å². The molecule has 0 amide bonds. The molecular weight excluding hydrogens is 155 g/mol. The average molecular weight is 170 g/mol. The fourth-order valence-electron chi connectivity index (χ4n) is 1.72. The molecule has 0 spiro atoms. The van der Waals surface area contributed by atoms with Crippen LogP contribution in [0.2, 0.25) is 0 Å². The van der Waals surface area contributed by atoms with Crippen LogP contribution in [0.3, 0.4) is 0 Å². The quantitative estimate of drug-likeness (QED) is 0.582. The summed E-state index contributed by atoms with van der Waals surface area (Å²) in [5.41, 5.74) is -0.822. The Balaban J connectivity index is 2.66. The molecule has 1 aliphatic carbocycles. The zero-order valence-corrected chi connectivity index (χ0v) is 7.53. The lowest BCUT2D eigenvalue weighted by Crippen LogP contribution is -2.36. The van der Waals surface area contributed by atoms with Crippen LogP contribution in [0, 0.1) is 0 Å². The second kappa shape index (κ2) is 3.38. The van der Waals surface area contributed by atoms with Gasteiger partial charge >= 0.3 is 0 Å². The summed E-state index contributed by atoms with van der Waals surface area (Å²) in [4.78, 5) is 11.2. The highest BCUT2D eigenvalue weighted by molar-refractivity contribution is 5.88. The second-order valence-corrected chi connectivity index (χ2v) is 3.73. The van der Waals surface area contributed by atoms with E-state index in [1.807, 2.05) is 0 Å². The Labute approximate surface area is 72.7 Å². The number of hydrogen-bond acceptors (Lipinski definition) is 1. The molecule has 12 heavy (non-hydrogen) atoms. The summed E-state index contributed by atoms with van der Waals surface area (Å²) in [6.45, 7) is 5.40. The van der Waals surface area contributed by atoms with E-state index in [1.54, 1.807) is 6.92 Å². The van der Waals surface area contributed by atoms with Gasteiger partial charge in [0.15, 0.2) is 11.5 Å². The van der Waals surface area contributed by atoms with Crippen LogP contribution in [0.1, 0.15) is 39.0 Å². The van der Waals surface area contributed by atoms with Gasteiger partial charge in [0, 0.05) is 12.8 Å². The molecule has 1 aliphatic rings. The topological polar surface area (TPSA) is 17.1 Å². The molecule has 0 aromatic rings. The number of ketones is 1. The molecule has 1 unspecified atom stereocenters. The van der Waals surface area contributed by atoms with Crippen LogP contribution in [0.5, 0.6) is 0 Å². The third kappa shape index (κ3) is 1.93. The van der Waals surface area contributed by atoms with E-state index in [-0.39, 0.29) is 12.2 Å². The summed E-state index contributed by atoms with van der Waals surface area (Å²) in [6.07, 6.45) is 2.69. The molecule has 0 aromatic carbocycles. The van der Waals surface area contributed by atoms with E-state index in [0.29, 0.717) is 12.8 Å². The molecule has 0 N–H and O–H groups in total. The number of allylic oxidation sites excluding steroid dienone is 1. The number of rotatable bonds is 2.